The lowest BCUT2D eigenvalue weighted by Gasteiger charge is -2.38. The summed E-state index contributed by atoms with van der Waals surface area (Å²) in [5.41, 5.74) is -0.363. The van der Waals surface area contributed by atoms with Gasteiger partial charge in [0.2, 0.25) is 15.9 Å². The number of sulfonamides is 1. The third kappa shape index (κ3) is 3.92. The maximum Gasteiger partial charge on any atom is 0.255 e. The van der Waals surface area contributed by atoms with E-state index in [1.807, 2.05) is 0 Å². The molecule has 0 aromatic carbocycles. The number of nitrogens with one attached hydrogen (secondary N) is 2. The van der Waals surface area contributed by atoms with Crippen LogP contribution in [0.15, 0.2) is 16.7 Å². The van der Waals surface area contributed by atoms with Gasteiger partial charge in [-0.15, -0.1) is 0 Å². The zero-order valence-electron chi connectivity index (χ0n) is 14.8. The van der Waals surface area contributed by atoms with Gasteiger partial charge in [0.05, 0.1) is 23.6 Å². The summed E-state index contributed by atoms with van der Waals surface area (Å²) in [4.78, 5) is 25.2. The molecule has 2 aliphatic heterocycles. The van der Waals surface area contributed by atoms with Gasteiger partial charge in [-0.1, -0.05) is 0 Å². The smallest absolute Gasteiger partial charge is 0.255 e. The summed E-state index contributed by atoms with van der Waals surface area (Å²) in [6, 6.07) is 0.516. The third-order valence-electron chi connectivity index (χ3n) is 4.90. The number of carbonyl (C=O) groups excluding carboxylic acids is 2. The Labute approximate surface area is 152 Å². The van der Waals surface area contributed by atoms with Crippen molar-refractivity contribution in [3.63, 3.8) is 0 Å². The summed E-state index contributed by atoms with van der Waals surface area (Å²) < 4.78 is 36.1. The molecule has 0 bridgehead atoms. The maximum absolute atomic E-state index is 12.7. The summed E-state index contributed by atoms with van der Waals surface area (Å²) >= 11 is 0. The quantitative estimate of drug-likeness (QED) is 0.733. The summed E-state index contributed by atoms with van der Waals surface area (Å²) in [6.45, 7) is 2.59. The van der Waals surface area contributed by atoms with Crippen molar-refractivity contribution >= 4 is 21.8 Å². The van der Waals surface area contributed by atoms with E-state index in [0.29, 0.717) is 37.4 Å². The lowest BCUT2D eigenvalue weighted by atomic mass is 9.90. The van der Waals surface area contributed by atoms with Gasteiger partial charge in [0, 0.05) is 26.3 Å². The first-order valence-corrected chi connectivity index (χ1v) is 10.2. The Morgan fingerprint density at radius 2 is 2.08 bits per heavy atom. The van der Waals surface area contributed by atoms with Crippen LogP contribution in [0, 0.1) is 6.92 Å². The fraction of sp³-hybridized carbons (Fsp3) is 0.625. The van der Waals surface area contributed by atoms with Crippen molar-refractivity contribution in [3.8, 4) is 0 Å². The number of furan rings is 1. The van der Waals surface area contributed by atoms with Crippen molar-refractivity contribution in [1.82, 2.24) is 14.9 Å². The van der Waals surface area contributed by atoms with Gasteiger partial charge in [0.1, 0.15) is 11.8 Å². The number of carbonyl (C=O) groups is 2. The highest BCUT2D eigenvalue weighted by molar-refractivity contribution is 7.88. The Kier molecular flexibility index (Phi) is 5.09. The van der Waals surface area contributed by atoms with Crippen molar-refractivity contribution in [2.24, 2.45) is 0 Å². The molecule has 1 aromatic heterocycles. The molecule has 2 saturated heterocycles. The number of rotatable bonds is 3. The molecule has 10 heteroatoms. The van der Waals surface area contributed by atoms with E-state index < -0.39 is 33.4 Å². The highest BCUT2D eigenvalue weighted by atomic mass is 32.2. The Balaban J connectivity index is 1.85. The molecule has 1 unspecified atom stereocenters. The molecule has 1 aromatic rings. The van der Waals surface area contributed by atoms with E-state index in [2.05, 4.69) is 10.6 Å². The molecule has 0 aliphatic carbocycles. The number of hydrogen-bond acceptors (Lipinski definition) is 6. The first-order chi connectivity index (χ1) is 12.2. The van der Waals surface area contributed by atoms with Crippen LogP contribution in [0.4, 0.5) is 0 Å². The molecule has 144 valence electrons. The molecule has 1 spiro atoms. The van der Waals surface area contributed by atoms with Gasteiger partial charge in [0.25, 0.3) is 5.91 Å². The van der Waals surface area contributed by atoms with E-state index in [1.165, 1.54) is 16.6 Å². The van der Waals surface area contributed by atoms with Gasteiger partial charge in [-0.3, -0.25) is 9.59 Å². The van der Waals surface area contributed by atoms with Crippen molar-refractivity contribution in [2.45, 2.75) is 31.3 Å². The van der Waals surface area contributed by atoms with Crippen LogP contribution < -0.4 is 10.6 Å². The largest absolute Gasteiger partial charge is 0.469 e. The van der Waals surface area contributed by atoms with Gasteiger partial charge in [-0.25, -0.2) is 8.42 Å². The van der Waals surface area contributed by atoms with Crippen LogP contribution in [0.3, 0.4) is 0 Å². The van der Waals surface area contributed by atoms with E-state index in [4.69, 9.17) is 9.15 Å². The fourth-order valence-corrected chi connectivity index (χ4v) is 4.24. The zero-order valence-corrected chi connectivity index (χ0v) is 15.6. The molecular formula is C16H23N3O6S. The summed E-state index contributed by atoms with van der Waals surface area (Å²) in [7, 11) is -3.55. The molecule has 3 rings (SSSR count). The zero-order chi connectivity index (χ0) is 18.9. The van der Waals surface area contributed by atoms with Gasteiger partial charge < -0.3 is 19.8 Å². The second-order valence-electron chi connectivity index (χ2n) is 6.85. The Morgan fingerprint density at radius 3 is 2.65 bits per heavy atom. The lowest BCUT2D eigenvalue weighted by Crippen LogP contribution is -2.58. The summed E-state index contributed by atoms with van der Waals surface area (Å²) in [6.07, 6.45) is 3.53. The first kappa shape index (κ1) is 18.9. The van der Waals surface area contributed by atoms with E-state index in [1.54, 1.807) is 6.92 Å². The van der Waals surface area contributed by atoms with Crippen molar-refractivity contribution < 1.29 is 27.2 Å². The van der Waals surface area contributed by atoms with E-state index in [0.717, 1.165) is 6.26 Å². The van der Waals surface area contributed by atoms with Crippen molar-refractivity contribution in [2.75, 3.05) is 32.6 Å². The molecule has 1 atom stereocenters. The normalized spacial score (nSPS) is 24.1. The molecule has 2 aliphatic rings. The van der Waals surface area contributed by atoms with Gasteiger partial charge in [0.15, 0.2) is 0 Å². The Bertz CT molecular complexity index is 797. The second-order valence-corrected chi connectivity index (χ2v) is 8.84. The topological polar surface area (TPSA) is 118 Å². The van der Waals surface area contributed by atoms with Crippen LogP contribution in [-0.2, 0) is 19.6 Å². The van der Waals surface area contributed by atoms with E-state index in [9.17, 15) is 18.0 Å². The van der Waals surface area contributed by atoms with Crippen molar-refractivity contribution in [1.29, 1.82) is 0 Å². The molecule has 9 nitrogen and oxygen atoms in total. The highest BCUT2D eigenvalue weighted by Gasteiger charge is 2.44. The van der Waals surface area contributed by atoms with Crippen LogP contribution >= 0.6 is 0 Å². The number of amides is 2. The average Bonchev–Trinajstić information content (AvgIpc) is 2.93. The van der Waals surface area contributed by atoms with Crippen molar-refractivity contribution in [3.05, 3.63) is 23.7 Å². The minimum atomic E-state index is -3.55. The van der Waals surface area contributed by atoms with Crippen LogP contribution in [0.2, 0.25) is 0 Å². The van der Waals surface area contributed by atoms with Crippen LogP contribution in [0.1, 0.15) is 29.0 Å². The van der Waals surface area contributed by atoms with E-state index >= 15 is 0 Å². The fourth-order valence-electron chi connectivity index (χ4n) is 3.34. The molecule has 3 heterocycles. The maximum atomic E-state index is 12.7. The SMILES string of the molecule is Cc1occc1C(=O)NC1CN(S(C)(=O)=O)CC2(CCOCC2)NC1=O. The number of ether oxygens (including phenoxy) is 1. The minimum Gasteiger partial charge on any atom is -0.469 e. The molecule has 0 saturated carbocycles. The molecule has 2 fully saturated rings. The van der Waals surface area contributed by atoms with Gasteiger partial charge in [-0.05, 0) is 25.8 Å². The molecule has 2 N–H and O–H groups in total. The summed E-state index contributed by atoms with van der Waals surface area (Å²) in [5.74, 6) is -0.447. The predicted octanol–water partition coefficient (Wildman–Crippen LogP) is -0.373. The van der Waals surface area contributed by atoms with Gasteiger partial charge in [-0.2, -0.15) is 4.31 Å². The standard InChI is InChI=1S/C16H23N3O6S/c1-11-12(3-6-25-11)14(20)17-13-9-19(26(2,22)23)10-16(18-15(13)21)4-7-24-8-5-16/h3,6,13H,4-5,7-10H2,1-2H3,(H,17,20)(H,18,21). The molecular weight excluding hydrogens is 362 g/mol. The first-order valence-electron chi connectivity index (χ1n) is 8.40. The number of nitrogens with zero attached hydrogens (tertiary/aromatic N) is 1. The lowest BCUT2D eigenvalue weighted by molar-refractivity contribution is -0.125. The van der Waals surface area contributed by atoms with Crippen LogP contribution in [0.25, 0.3) is 0 Å². The number of hydrogen-bond donors (Lipinski definition) is 2. The molecule has 0 radical (unpaired) electrons. The predicted molar refractivity (Wildman–Crippen MR) is 92.0 cm³/mol. The highest BCUT2D eigenvalue weighted by Crippen LogP contribution is 2.25. The van der Waals surface area contributed by atoms with Crippen LogP contribution in [0.5, 0.6) is 0 Å². The Morgan fingerprint density at radius 1 is 1.38 bits per heavy atom. The third-order valence-corrected chi connectivity index (χ3v) is 6.11. The average molecular weight is 385 g/mol. The Hall–Kier alpha value is -1.91. The molecule has 26 heavy (non-hydrogen) atoms. The minimum absolute atomic E-state index is 0.115. The molecule has 2 amide bonds. The van der Waals surface area contributed by atoms with Gasteiger partial charge >= 0.3 is 0 Å². The summed E-state index contributed by atoms with van der Waals surface area (Å²) in [5, 5.41) is 5.58. The van der Waals surface area contributed by atoms with E-state index in [-0.39, 0.29) is 13.1 Å². The second kappa shape index (κ2) is 7.01. The monoisotopic (exact) mass is 385 g/mol. The number of aryl methyl sites for hydroxylation is 1. The van der Waals surface area contributed by atoms with Crippen LogP contribution in [-0.4, -0.2) is 68.7 Å².